The summed E-state index contributed by atoms with van der Waals surface area (Å²) in [5.74, 6) is 0.992. The highest BCUT2D eigenvalue weighted by atomic mass is 35.5. The normalized spacial score (nSPS) is 10.6. The van der Waals surface area contributed by atoms with Gasteiger partial charge in [-0.05, 0) is 23.8 Å². The van der Waals surface area contributed by atoms with E-state index >= 15 is 0 Å². The molecule has 0 spiro atoms. The number of carbonyl (C=O) groups is 1. The Morgan fingerprint density at radius 1 is 1.13 bits per heavy atom. The first-order chi connectivity index (χ1) is 11.2. The van der Waals surface area contributed by atoms with E-state index in [0.29, 0.717) is 23.1 Å². The summed E-state index contributed by atoms with van der Waals surface area (Å²) in [4.78, 5) is 11.9. The molecule has 0 aromatic heterocycles. The van der Waals surface area contributed by atoms with Gasteiger partial charge >= 0.3 is 0 Å². The number of benzene rings is 2. The van der Waals surface area contributed by atoms with Crippen molar-refractivity contribution in [2.75, 3.05) is 14.2 Å². The largest absolute Gasteiger partial charge is 0.493 e. The first-order valence-corrected chi connectivity index (χ1v) is 7.43. The molecule has 2 aromatic rings. The van der Waals surface area contributed by atoms with Crippen molar-refractivity contribution in [2.45, 2.75) is 6.54 Å². The summed E-state index contributed by atoms with van der Waals surface area (Å²) in [6.07, 6.45) is 3.14. The zero-order chi connectivity index (χ0) is 16.7. The molecule has 5 heteroatoms. The molecule has 1 amide bonds. The molecular formula is C18H18ClNO3. The summed E-state index contributed by atoms with van der Waals surface area (Å²) < 4.78 is 10.5. The van der Waals surface area contributed by atoms with Gasteiger partial charge in [0.2, 0.25) is 5.91 Å². The third-order valence-electron chi connectivity index (χ3n) is 3.26. The second kappa shape index (κ2) is 8.25. The number of ether oxygens (including phenoxy) is 2. The van der Waals surface area contributed by atoms with Crippen molar-refractivity contribution < 1.29 is 14.3 Å². The Morgan fingerprint density at radius 2 is 1.91 bits per heavy atom. The van der Waals surface area contributed by atoms with Crippen LogP contribution in [-0.4, -0.2) is 20.1 Å². The number of hydrogen-bond donors (Lipinski definition) is 1. The van der Waals surface area contributed by atoms with Crippen molar-refractivity contribution in [1.82, 2.24) is 5.32 Å². The van der Waals surface area contributed by atoms with E-state index in [1.165, 1.54) is 6.08 Å². The van der Waals surface area contributed by atoms with E-state index in [1.54, 1.807) is 32.4 Å². The van der Waals surface area contributed by atoms with Crippen LogP contribution in [0.15, 0.2) is 48.5 Å². The fraction of sp³-hybridized carbons (Fsp3) is 0.167. The SMILES string of the molecule is COc1cccc(/C=C/C(=O)NCc2ccccc2Cl)c1OC. The third kappa shape index (κ3) is 4.50. The number of amides is 1. The van der Waals surface area contributed by atoms with Crippen LogP contribution in [0.5, 0.6) is 11.5 Å². The highest BCUT2D eigenvalue weighted by Gasteiger charge is 2.07. The first-order valence-electron chi connectivity index (χ1n) is 7.06. The van der Waals surface area contributed by atoms with Crippen molar-refractivity contribution in [1.29, 1.82) is 0 Å². The number of nitrogens with one attached hydrogen (secondary N) is 1. The van der Waals surface area contributed by atoms with Crippen LogP contribution in [0.2, 0.25) is 5.02 Å². The molecule has 2 rings (SSSR count). The lowest BCUT2D eigenvalue weighted by Gasteiger charge is -2.09. The van der Waals surface area contributed by atoms with Crippen LogP contribution in [0.1, 0.15) is 11.1 Å². The number of rotatable bonds is 6. The van der Waals surface area contributed by atoms with Gasteiger partial charge in [0.05, 0.1) is 14.2 Å². The third-order valence-corrected chi connectivity index (χ3v) is 3.63. The van der Waals surface area contributed by atoms with E-state index in [0.717, 1.165) is 11.1 Å². The first kappa shape index (κ1) is 16.9. The topological polar surface area (TPSA) is 47.6 Å². The lowest BCUT2D eigenvalue weighted by Crippen LogP contribution is -2.20. The standard InChI is InChI=1S/C18H18ClNO3/c1-22-16-9-5-7-13(18(16)23-2)10-11-17(21)20-12-14-6-3-4-8-15(14)19/h3-11H,12H2,1-2H3,(H,20,21)/b11-10+. The van der Waals surface area contributed by atoms with E-state index < -0.39 is 0 Å². The molecule has 0 saturated heterocycles. The molecule has 0 aliphatic carbocycles. The smallest absolute Gasteiger partial charge is 0.244 e. The number of carbonyl (C=O) groups excluding carboxylic acids is 1. The molecule has 0 aliphatic rings. The molecule has 23 heavy (non-hydrogen) atoms. The van der Waals surface area contributed by atoms with Crippen molar-refractivity contribution in [3.05, 3.63) is 64.7 Å². The molecule has 0 saturated carbocycles. The molecule has 0 heterocycles. The monoisotopic (exact) mass is 331 g/mol. The maximum Gasteiger partial charge on any atom is 0.244 e. The quantitative estimate of drug-likeness (QED) is 0.821. The summed E-state index contributed by atoms with van der Waals surface area (Å²) in [6, 6.07) is 12.9. The molecule has 0 fully saturated rings. The van der Waals surface area contributed by atoms with Crippen LogP contribution in [0, 0.1) is 0 Å². The van der Waals surface area contributed by atoms with E-state index in [-0.39, 0.29) is 5.91 Å². The van der Waals surface area contributed by atoms with Crippen LogP contribution in [0.4, 0.5) is 0 Å². The van der Waals surface area contributed by atoms with Gasteiger partial charge in [0, 0.05) is 23.2 Å². The van der Waals surface area contributed by atoms with Crippen LogP contribution in [0.25, 0.3) is 6.08 Å². The molecule has 0 radical (unpaired) electrons. The Balaban J connectivity index is 2.03. The van der Waals surface area contributed by atoms with Gasteiger partial charge in [0.15, 0.2) is 11.5 Å². The van der Waals surface area contributed by atoms with Gasteiger partial charge in [-0.3, -0.25) is 4.79 Å². The summed E-state index contributed by atoms with van der Waals surface area (Å²) >= 11 is 6.05. The maximum atomic E-state index is 11.9. The Labute approximate surface area is 140 Å². The number of halogens is 1. The second-order valence-corrected chi connectivity index (χ2v) is 5.13. The van der Waals surface area contributed by atoms with Gasteiger partial charge in [-0.15, -0.1) is 0 Å². The number of hydrogen-bond acceptors (Lipinski definition) is 3. The van der Waals surface area contributed by atoms with Gasteiger partial charge in [0.1, 0.15) is 0 Å². The van der Waals surface area contributed by atoms with Crippen molar-refractivity contribution in [2.24, 2.45) is 0 Å². The lowest BCUT2D eigenvalue weighted by molar-refractivity contribution is -0.116. The molecular weight excluding hydrogens is 314 g/mol. The number of methoxy groups -OCH3 is 2. The minimum Gasteiger partial charge on any atom is -0.493 e. The van der Waals surface area contributed by atoms with Gasteiger partial charge in [-0.1, -0.05) is 41.9 Å². The maximum absolute atomic E-state index is 11.9. The summed E-state index contributed by atoms with van der Waals surface area (Å²) in [5.41, 5.74) is 1.63. The minimum atomic E-state index is -0.213. The predicted octanol–water partition coefficient (Wildman–Crippen LogP) is 3.69. The molecule has 0 atom stereocenters. The molecule has 0 bridgehead atoms. The minimum absolute atomic E-state index is 0.213. The summed E-state index contributed by atoms with van der Waals surface area (Å²) in [5, 5.41) is 3.42. The average molecular weight is 332 g/mol. The fourth-order valence-corrected chi connectivity index (χ4v) is 2.29. The Kier molecular flexibility index (Phi) is 6.06. The second-order valence-electron chi connectivity index (χ2n) is 4.73. The highest BCUT2D eigenvalue weighted by Crippen LogP contribution is 2.31. The van der Waals surface area contributed by atoms with Crippen LogP contribution < -0.4 is 14.8 Å². The summed E-state index contributed by atoms with van der Waals surface area (Å²) in [6.45, 7) is 0.373. The van der Waals surface area contributed by atoms with E-state index in [4.69, 9.17) is 21.1 Å². The van der Waals surface area contributed by atoms with Gasteiger partial charge in [0.25, 0.3) is 0 Å². The Hall–Kier alpha value is -2.46. The molecule has 4 nitrogen and oxygen atoms in total. The van der Waals surface area contributed by atoms with Crippen LogP contribution in [0.3, 0.4) is 0 Å². The average Bonchev–Trinajstić information content (AvgIpc) is 2.58. The Bertz CT molecular complexity index is 713. The van der Waals surface area contributed by atoms with Crippen LogP contribution in [-0.2, 0) is 11.3 Å². The molecule has 0 aliphatic heterocycles. The summed E-state index contributed by atoms with van der Waals surface area (Å²) in [7, 11) is 3.13. The predicted molar refractivity (Wildman–Crippen MR) is 91.9 cm³/mol. The zero-order valence-corrected chi connectivity index (χ0v) is 13.8. The molecule has 1 N–H and O–H groups in total. The Morgan fingerprint density at radius 3 is 2.61 bits per heavy atom. The van der Waals surface area contributed by atoms with Crippen molar-refractivity contribution in [3.8, 4) is 11.5 Å². The fourth-order valence-electron chi connectivity index (χ4n) is 2.09. The zero-order valence-electron chi connectivity index (χ0n) is 13.0. The van der Waals surface area contributed by atoms with Gasteiger partial charge in [-0.2, -0.15) is 0 Å². The van der Waals surface area contributed by atoms with Gasteiger partial charge in [-0.25, -0.2) is 0 Å². The van der Waals surface area contributed by atoms with Crippen molar-refractivity contribution in [3.63, 3.8) is 0 Å². The van der Waals surface area contributed by atoms with Crippen LogP contribution >= 0.6 is 11.6 Å². The van der Waals surface area contributed by atoms with Crippen molar-refractivity contribution >= 4 is 23.6 Å². The molecule has 2 aromatic carbocycles. The van der Waals surface area contributed by atoms with E-state index in [2.05, 4.69) is 5.32 Å². The van der Waals surface area contributed by atoms with Gasteiger partial charge < -0.3 is 14.8 Å². The molecule has 0 unspecified atom stereocenters. The van der Waals surface area contributed by atoms with E-state index in [1.807, 2.05) is 30.3 Å². The number of para-hydroxylation sites is 1. The highest BCUT2D eigenvalue weighted by molar-refractivity contribution is 6.31. The molecule has 120 valence electrons. The lowest BCUT2D eigenvalue weighted by atomic mass is 10.1. The van der Waals surface area contributed by atoms with E-state index in [9.17, 15) is 4.79 Å².